The van der Waals surface area contributed by atoms with E-state index in [1.54, 1.807) is 28.2 Å². The molecule has 2 aliphatic heterocycles. The summed E-state index contributed by atoms with van der Waals surface area (Å²) >= 11 is 1.57. The van der Waals surface area contributed by atoms with E-state index in [4.69, 9.17) is 0 Å². The Kier molecular flexibility index (Phi) is 5.59. The summed E-state index contributed by atoms with van der Waals surface area (Å²) in [5.74, 6) is 0. The molecule has 1 aromatic rings. The van der Waals surface area contributed by atoms with Crippen molar-refractivity contribution in [3.8, 4) is 0 Å². The number of nitrogens with one attached hydrogen (secondary N) is 1. The molecule has 1 aromatic carbocycles. The highest BCUT2D eigenvalue weighted by atomic mass is 35.5. The number of rotatable bonds is 3. The van der Waals surface area contributed by atoms with Gasteiger partial charge in [-0.1, -0.05) is 12.5 Å². The molecule has 2 atom stereocenters. The van der Waals surface area contributed by atoms with Crippen LogP contribution in [0.4, 0.5) is 0 Å². The molecule has 7 heteroatoms. The molecular formula is C14H21ClN2O2S2. The van der Waals surface area contributed by atoms with Gasteiger partial charge in [0, 0.05) is 30.1 Å². The Bertz CT molecular complexity index is 582. The second kappa shape index (κ2) is 6.87. The van der Waals surface area contributed by atoms with Gasteiger partial charge < -0.3 is 5.32 Å². The molecule has 3 rings (SSSR count). The minimum atomic E-state index is -3.36. The Balaban J connectivity index is 0.00000161. The molecular weight excluding hydrogens is 328 g/mol. The zero-order valence-corrected chi connectivity index (χ0v) is 14.4. The molecule has 1 N–H and O–H groups in total. The van der Waals surface area contributed by atoms with Crippen molar-refractivity contribution in [2.24, 2.45) is 0 Å². The summed E-state index contributed by atoms with van der Waals surface area (Å²) in [5, 5.41) is 3.52. The number of piperidine rings is 1. The van der Waals surface area contributed by atoms with Crippen LogP contribution in [0, 0.1) is 0 Å². The third-order valence-electron chi connectivity index (χ3n) is 4.10. The highest BCUT2D eigenvalue weighted by molar-refractivity contribution is 7.98. The predicted octanol–water partition coefficient (Wildman–Crippen LogP) is 2.35. The number of fused-ring (bicyclic) bond motifs is 2. The lowest BCUT2D eigenvalue weighted by molar-refractivity contribution is 0.190. The van der Waals surface area contributed by atoms with Gasteiger partial charge in [0.1, 0.15) is 0 Å². The highest BCUT2D eigenvalue weighted by Crippen LogP contribution is 2.26. The lowest BCUT2D eigenvalue weighted by atomic mass is 9.96. The third-order valence-corrected chi connectivity index (χ3v) is 6.66. The van der Waals surface area contributed by atoms with E-state index in [0.717, 1.165) is 17.7 Å². The Morgan fingerprint density at radius 1 is 1.24 bits per heavy atom. The van der Waals surface area contributed by atoms with E-state index in [1.807, 2.05) is 18.4 Å². The summed E-state index contributed by atoms with van der Waals surface area (Å²) < 4.78 is 27.2. The van der Waals surface area contributed by atoms with E-state index >= 15 is 0 Å². The summed E-state index contributed by atoms with van der Waals surface area (Å²) in [6, 6.07) is 7.88. The van der Waals surface area contributed by atoms with Gasteiger partial charge in [-0.15, -0.1) is 24.2 Å². The molecule has 2 unspecified atom stereocenters. The monoisotopic (exact) mass is 348 g/mol. The van der Waals surface area contributed by atoms with Crippen LogP contribution >= 0.6 is 24.2 Å². The zero-order chi connectivity index (χ0) is 14.2. The van der Waals surface area contributed by atoms with Crippen LogP contribution in [-0.4, -0.2) is 44.2 Å². The van der Waals surface area contributed by atoms with Crippen LogP contribution in [-0.2, 0) is 10.0 Å². The molecule has 4 nitrogen and oxygen atoms in total. The molecule has 0 aromatic heterocycles. The molecule has 2 saturated heterocycles. The maximum absolute atomic E-state index is 12.8. The van der Waals surface area contributed by atoms with Gasteiger partial charge in [-0.3, -0.25) is 0 Å². The molecule has 0 spiro atoms. The van der Waals surface area contributed by atoms with Crippen molar-refractivity contribution < 1.29 is 8.42 Å². The average molecular weight is 349 g/mol. The van der Waals surface area contributed by atoms with Crippen LogP contribution in [0.25, 0.3) is 0 Å². The van der Waals surface area contributed by atoms with Crippen molar-refractivity contribution in [3.05, 3.63) is 24.3 Å². The first-order valence-electron chi connectivity index (χ1n) is 7.00. The van der Waals surface area contributed by atoms with E-state index in [9.17, 15) is 8.42 Å². The first-order chi connectivity index (χ1) is 9.59. The molecule has 21 heavy (non-hydrogen) atoms. The first-order valence-corrected chi connectivity index (χ1v) is 9.66. The predicted molar refractivity (Wildman–Crippen MR) is 88.8 cm³/mol. The van der Waals surface area contributed by atoms with Gasteiger partial charge in [-0.05, 0) is 37.3 Å². The van der Waals surface area contributed by atoms with Crippen LogP contribution in [0.2, 0.25) is 0 Å². The quantitative estimate of drug-likeness (QED) is 0.852. The summed E-state index contributed by atoms with van der Waals surface area (Å²) in [7, 11) is -3.36. The first kappa shape index (κ1) is 17.1. The zero-order valence-electron chi connectivity index (χ0n) is 12.0. The number of benzene rings is 1. The van der Waals surface area contributed by atoms with Gasteiger partial charge in [0.15, 0.2) is 0 Å². The number of nitrogens with zero attached hydrogens (tertiary/aromatic N) is 1. The number of hydrogen-bond acceptors (Lipinski definition) is 4. The molecule has 0 saturated carbocycles. The van der Waals surface area contributed by atoms with E-state index in [0.29, 0.717) is 30.1 Å². The van der Waals surface area contributed by atoms with Crippen LogP contribution < -0.4 is 5.32 Å². The van der Waals surface area contributed by atoms with Crippen molar-refractivity contribution in [2.75, 3.05) is 19.3 Å². The molecule has 0 amide bonds. The van der Waals surface area contributed by atoms with E-state index in [-0.39, 0.29) is 12.4 Å². The summed E-state index contributed by atoms with van der Waals surface area (Å²) in [6.07, 6.45) is 5.32. The van der Waals surface area contributed by atoms with E-state index in [1.165, 1.54) is 6.42 Å². The third kappa shape index (κ3) is 3.56. The maximum Gasteiger partial charge on any atom is 0.243 e. The van der Waals surface area contributed by atoms with Gasteiger partial charge in [0.2, 0.25) is 10.0 Å². The second-order valence-corrected chi connectivity index (χ2v) is 8.31. The highest BCUT2D eigenvalue weighted by Gasteiger charge is 2.36. The van der Waals surface area contributed by atoms with Crippen molar-refractivity contribution in [2.45, 2.75) is 41.1 Å². The van der Waals surface area contributed by atoms with Crippen molar-refractivity contribution in [1.29, 1.82) is 0 Å². The fourth-order valence-electron chi connectivity index (χ4n) is 3.07. The van der Waals surface area contributed by atoms with Crippen molar-refractivity contribution in [1.82, 2.24) is 9.62 Å². The minimum absolute atomic E-state index is 0. The lowest BCUT2D eigenvalue weighted by Crippen LogP contribution is -2.59. The maximum atomic E-state index is 12.8. The summed E-state index contributed by atoms with van der Waals surface area (Å²) in [5.41, 5.74) is 0. The van der Waals surface area contributed by atoms with Crippen molar-refractivity contribution >= 4 is 34.2 Å². The number of thioether (sulfide) groups is 1. The Morgan fingerprint density at radius 3 is 2.52 bits per heavy atom. The van der Waals surface area contributed by atoms with E-state index < -0.39 is 10.0 Å². The van der Waals surface area contributed by atoms with Crippen LogP contribution in [0.15, 0.2) is 34.1 Å². The van der Waals surface area contributed by atoms with Crippen molar-refractivity contribution in [3.63, 3.8) is 0 Å². The number of piperazine rings is 1. The number of sulfonamides is 1. The topological polar surface area (TPSA) is 49.4 Å². The fourth-order valence-corrected chi connectivity index (χ4v) is 5.18. The summed E-state index contributed by atoms with van der Waals surface area (Å²) in [4.78, 5) is 1.41. The van der Waals surface area contributed by atoms with E-state index in [2.05, 4.69) is 5.32 Å². The normalized spacial score (nSPS) is 26.1. The smallest absolute Gasteiger partial charge is 0.243 e. The molecule has 2 fully saturated rings. The van der Waals surface area contributed by atoms with Crippen LogP contribution in [0.3, 0.4) is 0 Å². The second-order valence-electron chi connectivity index (χ2n) is 5.49. The molecule has 118 valence electrons. The molecule has 0 radical (unpaired) electrons. The Morgan fingerprint density at radius 2 is 1.90 bits per heavy atom. The Hall–Kier alpha value is -0.270. The van der Waals surface area contributed by atoms with Gasteiger partial charge in [0.25, 0.3) is 0 Å². The van der Waals surface area contributed by atoms with Crippen LogP contribution in [0.5, 0.6) is 0 Å². The molecule has 2 aliphatic rings. The van der Waals surface area contributed by atoms with Gasteiger partial charge in [-0.2, -0.15) is 4.31 Å². The van der Waals surface area contributed by atoms with Crippen LogP contribution in [0.1, 0.15) is 19.3 Å². The number of hydrogen-bond donors (Lipinski definition) is 1. The van der Waals surface area contributed by atoms with Gasteiger partial charge in [0.05, 0.1) is 4.90 Å². The molecule has 0 aliphatic carbocycles. The average Bonchev–Trinajstić information content (AvgIpc) is 2.47. The van der Waals surface area contributed by atoms with Gasteiger partial charge in [-0.25, -0.2) is 8.42 Å². The molecule has 2 heterocycles. The summed E-state index contributed by atoms with van der Waals surface area (Å²) in [6.45, 7) is 1.20. The van der Waals surface area contributed by atoms with Gasteiger partial charge >= 0.3 is 0 Å². The SMILES string of the molecule is CSc1cccc(S(=O)(=O)N2CC3CCCC(C2)N3)c1.Cl. The number of halogens is 1. The lowest BCUT2D eigenvalue weighted by Gasteiger charge is -2.41. The Labute approximate surface area is 137 Å². The molecule has 2 bridgehead atoms. The fraction of sp³-hybridized carbons (Fsp3) is 0.571. The standard InChI is InChI=1S/C14H20N2O2S2.ClH/c1-19-13-6-3-7-14(8-13)20(17,18)16-9-11-4-2-5-12(10-16)15-11;/h3,6-8,11-12,15H,2,4-5,9-10H2,1H3;1H. The minimum Gasteiger partial charge on any atom is -0.309 e. The largest absolute Gasteiger partial charge is 0.309 e.